The van der Waals surface area contributed by atoms with E-state index in [9.17, 15) is 0 Å². The second kappa shape index (κ2) is 37.5. The molecule has 0 radical (unpaired) electrons. The molecule has 0 aliphatic rings. The molecule has 0 spiro atoms. The Morgan fingerprint density at radius 3 is 0.805 bits per heavy atom. The predicted octanol–water partition coefficient (Wildman–Crippen LogP) is 14.3. The maximum atomic E-state index is 6.40. The van der Waals surface area contributed by atoms with Gasteiger partial charge >= 0.3 is 0 Å². The van der Waals surface area contributed by atoms with Gasteiger partial charge in [-0.1, -0.05) is 186 Å². The summed E-state index contributed by atoms with van der Waals surface area (Å²) in [6.45, 7) is 4.59. The molecule has 0 aromatic heterocycles. The van der Waals surface area contributed by atoms with E-state index in [0.717, 1.165) is 0 Å². The van der Waals surface area contributed by atoms with Gasteiger partial charge < -0.3 is 5.73 Å². The van der Waals surface area contributed by atoms with Crippen LogP contribution in [0.3, 0.4) is 0 Å². The maximum Gasteiger partial charge on any atom is 0.00388 e. The lowest BCUT2D eigenvalue weighted by Gasteiger charge is -2.11. The second-order valence-corrected chi connectivity index (χ2v) is 13.3. The van der Waals surface area contributed by atoms with Gasteiger partial charge in [-0.25, -0.2) is 0 Å². The minimum Gasteiger partial charge on any atom is -0.328 e. The molecule has 0 aromatic rings. The Hall–Kier alpha value is -0.560. The van der Waals surface area contributed by atoms with E-state index in [1.54, 1.807) is 0 Å². The van der Waals surface area contributed by atoms with Crippen molar-refractivity contribution in [2.75, 3.05) is 0 Å². The van der Waals surface area contributed by atoms with Crippen molar-refractivity contribution in [3.63, 3.8) is 0 Å². The average Bonchev–Trinajstić information content (AvgIpc) is 2.98. The molecule has 0 bridgehead atoms. The van der Waals surface area contributed by atoms with Crippen molar-refractivity contribution in [3.8, 4) is 0 Å². The third-order valence-electron chi connectivity index (χ3n) is 8.92. The largest absolute Gasteiger partial charge is 0.328 e. The van der Waals surface area contributed by atoms with Crippen LogP contribution in [0.5, 0.6) is 0 Å². The lowest BCUT2D eigenvalue weighted by molar-refractivity contribution is 0.480. The fourth-order valence-corrected chi connectivity index (χ4v) is 5.98. The third kappa shape index (κ3) is 37.4. The van der Waals surface area contributed by atoms with E-state index in [0.29, 0.717) is 6.04 Å². The predicted molar refractivity (Wildman–Crippen MR) is 190 cm³/mol. The Morgan fingerprint density at radius 1 is 0.317 bits per heavy atom. The van der Waals surface area contributed by atoms with Crippen LogP contribution in [-0.2, 0) is 0 Å². The lowest BCUT2D eigenvalue weighted by Crippen LogP contribution is -2.19. The number of hydrogen-bond acceptors (Lipinski definition) is 1. The molecule has 1 unspecified atom stereocenters. The van der Waals surface area contributed by atoms with Gasteiger partial charge in [0.05, 0.1) is 0 Å². The molecule has 1 nitrogen and oxygen atoms in total. The first-order chi connectivity index (χ1) is 20.3. The van der Waals surface area contributed by atoms with Crippen LogP contribution in [-0.4, -0.2) is 6.04 Å². The Bertz CT molecular complexity index is 507. The van der Waals surface area contributed by atoms with Crippen molar-refractivity contribution in [2.24, 2.45) is 5.73 Å². The van der Waals surface area contributed by atoms with Gasteiger partial charge in [0.15, 0.2) is 0 Å². The molecule has 0 saturated carbocycles. The van der Waals surface area contributed by atoms with Crippen LogP contribution in [0.25, 0.3) is 0 Å². The van der Waals surface area contributed by atoms with Crippen molar-refractivity contribution in [3.05, 3.63) is 24.3 Å². The van der Waals surface area contributed by atoms with Gasteiger partial charge in [-0.15, -0.1) is 0 Å². The summed E-state index contributed by atoms with van der Waals surface area (Å²) in [5.74, 6) is 0. The Morgan fingerprint density at radius 2 is 0.537 bits per heavy atom. The van der Waals surface area contributed by atoms with Crippen LogP contribution in [0.15, 0.2) is 24.3 Å². The quantitative estimate of drug-likeness (QED) is 0.0592. The topological polar surface area (TPSA) is 26.0 Å². The molecule has 0 amide bonds. The first kappa shape index (κ1) is 40.4. The Balaban J connectivity index is 3.21. The summed E-state index contributed by atoms with van der Waals surface area (Å²) < 4.78 is 0. The first-order valence-corrected chi connectivity index (χ1v) is 19.4. The SMILES string of the molecule is CCCCCCCCC=CCCCCCCCCCCCC(N)CCCCCCCCC=CCCCCCCCC. The zero-order chi connectivity index (χ0) is 29.7. The van der Waals surface area contributed by atoms with E-state index in [1.807, 2.05) is 0 Å². The summed E-state index contributed by atoms with van der Waals surface area (Å²) >= 11 is 0. The molecular formula is C40H79N. The van der Waals surface area contributed by atoms with Gasteiger partial charge in [0.1, 0.15) is 0 Å². The van der Waals surface area contributed by atoms with Gasteiger partial charge in [-0.3, -0.25) is 0 Å². The standard InChI is InChI=1S/C40H79N/c1-3-5-7-9-11-13-15-17-19-21-22-23-25-27-29-31-33-35-37-39-40(41)38-36-34-32-30-28-26-24-20-18-16-14-12-10-8-6-4-2/h17-20,40H,3-16,21-39,41H2,1-2H3. The summed E-state index contributed by atoms with van der Waals surface area (Å²) in [6.07, 6.45) is 55.4. The average molecular weight is 574 g/mol. The summed E-state index contributed by atoms with van der Waals surface area (Å²) in [4.78, 5) is 0. The molecular weight excluding hydrogens is 494 g/mol. The summed E-state index contributed by atoms with van der Waals surface area (Å²) in [6, 6.07) is 0.451. The van der Waals surface area contributed by atoms with Gasteiger partial charge in [-0.2, -0.15) is 0 Å². The van der Waals surface area contributed by atoms with E-state index in [2.05, 4.69) is 38.2 Å². The highest BCUT2D eigenvalue weighted by Crippen LogP contribution is 2.15. The first-order valence-electron chi connectivity index (χ1n) is 19.4. The summed E-state index contributed by atoms with van der Waals surface area (Å²) in [5.41, 5.74) is 6.40. The van der Waals surface area contributed by atoms with Crippen LogP contribution in [0, 0.1) is 0 Å². The Labute approximate surface area is 261 Å². The van der Waals surface area contributed by atoms with Crippen molar-refractivity contribution in [2.45, 2.75) is 232 Å². The van der Waals surface area contributed by atoms with Gasteiger partial charge in [0.25, 0.3) is 0 Å². The van der Waals surface area contributed by atoms with E-state index in [-0.39, 0.29) is 0 Å². The van der Waals surface area contributed by atoms with Crippen LogP contribution in [0.4, 0.5) is 0 Å². The molecule has 0 rings (SSSR count). The molecule has 0 fully saturated rings. The number of unbranched alkanes of at least 4 members (excludes halogenated alkanes) is 27. The molecule has 0 aliphatic heterocycles. The van der Waals surface area contributed by atoms with Gasteiger partial charge in [0, 0.05) is 6.04 Å². The molecule has 1 heteroatoms. The summed E-state index contributed by atoms with van der Waals surface area (Å²) in [5, 5.41) is 0. The van der Waals surface area contributed by atoms with Crippen LogP contribution in [0.1, 0.15) is 226 Å². The minimum atomic E-state index is 0.451. The van der Waals surface area contributed by atoms with Crippen molar-refractivity contribution < 1.29 is 0 Å². The molecule has 1 atom stereocenters. The fraction of sp³-hybridized carbons (Fsp3) is 0.900. The molecule has 0 saturated heterocycles. The van der Waals surface area contributed by atoms with E-state index < -0.39 is 0 Å². The highest BCUT2D eigenvalue weighted by Gasteiger charge is 2.02. The van der Waals surface area contributed by atoms with Crippen LogP contribution >= 0.6 is 0 Å². The smallest absolute Gasteiger partial charge is 0.00388 e. The monoisotopic (exact) mass is 574 g/mol. The molecule has 244 valence electrons. The van der Waals surface area contributed by atoms with E-state index in [1.165, 1.54) is 212 Å². The van der Waals surface area contributed by atoms with Crippen molar-refractivity contribution in [1.29, 1.82) is 0 Å². The van der Waals surface area contributed by atoms with Crippen molar-refractivity contribution >= 4 is 0 Å². The van der Waals surface area contributed by atoms with Gasteiger partial charge in [-0.05, 0) is 64.2 Å². The van der Waals surface area contributed by atoms with Crippen molar-refractivity contribution in [1.82, 2.24) is 0 Å². The highest BCUT2D eigenvalue weighted by atomic mass is 14.6. The van der Waals surface area contributed by atoms with Crippen LogP contribution < -0.4 is 5.73 Å². The van der Waals surface area contributed by atoms with E-state index >= 15 is 0 Å². The fourth-order valence-electron chi connectivity index (χ4n) is 5.98. The number of nitrogens with two attached hydrogens (primary N) is 1. The van der Waals surface area contributed by atoms with E-state index in [4.69, 9.17) is 5.73 Å². The number of allylic oxidation sites excluding steroid dienone is 4. The molecule has 0 heterocycles. The normalized spacial score (nSPS) is 12.8. The highest BCUT2D eigenvalue weighted by molar-refractivity contribution is 4.82. The lowest BCUT2D eigenvalue weighted by atomic mass is 10.0. The molecule has 2 N–H and O–H groups in total. The third-order valence-corrected chi connectivity index (χ3v) is 8.92. The molecule has 0 aromatic carbocycles. The minimum absolute atomic E-state index is 0.451. The zero-order valence-electron chi connectivity index (χ0n) is 28.8. The van der Waals surface area contributed by atoms with Gasteiger partial charge in [0.2, 0.25) is 0 Å². The number of rotatable bonds is 35. The summed E-state index contributed by atoms with van der Waals surface area (Å²) in [7, 11) is 0. The molecule has 41 heavy (non-hydrogen) atoms. The zero-order valence-corrected chi connectivity index (χ0v) is 28.8. The maximum absolute atomic E-state index is 6.40. The second-order valence-electron chi connectivity index (χ2n) is 13.3. The molecule has 0 aliphatic carbocycles. The Kier molecular flexibility index (Phi) is 37.0. The van der Waals surface area contributed by atoms with Crippen LogP contribution in [0.2, 0.25) is 0 Å². The number of hydrogen-bond donors (Lipinski definition) is 1.